The largest absolute Gasteiger partial charge is 0.450 e. The third-order valence-corrected chi connectivity index (χ3v) is 2.68. The standard InChI is InChI=1S/C12H13F6N3O2/c1-2-23-9(22)21-10(11(13,14)15,12(16,17)18)20-7-8-5-3-4-6-19-8/h3-6,20H,2,7H2,1H3,(H,21,22). The highest BCUT2D eigenvalue weighted by Crippen LogP contribution is 2.41. The molecule has 1 aromatic rings. The van der Waals surface area contributed by atoms with Gasteiger partial charge in [0, 0.05) is 12.7 Å². The lowest BCUT2D eigenvalue weighted by Gasteiger charge is -2.37. The van der Waals surface area contributed by atoms with E-state index in [4.69, 9.17) is 0 Å². The second-order valence-electron chi connectivity index (χ2n) is 4.27. The van der Waals surface area contributed by atoms with Gasteiger partial charge in [-0.25, -0.2) is 4.79 Å². The van der Waals surface area contributed by atoms with E-state index in [1.165, 1.54) is 36.6 Å². The van der Waals surface area contributed by atoms with E-state index in [0.29, 0.717) is 0 Å². The van der Waals surface area contributed by atoms with E-state index in [0.717, 1.165) is 5.32 Å². The molecule has 11 heteroatoms. The molecular formula is C12H13F6N3O2. The average molecular weight is 345 g/mol. The van der Waals surface area contributed by atoms with E-state index in [1.807, 2.05) is 0 Å². The Balaban J connectivity index is 3.14. The molecule has 0 bridgehead atoms. The Morgan fingerprint density at radius 3 is 2.22 bits per heavy atom. The summed E-state index contributed by atoms with van der Waals surface area (Å²) in [5, 5.41) is 2.13. The summed E-state index contributed by atoms with van der Waals surface area (Å²) in [6, 6.07) is 4.07. The number of ether oxygens (including phenoxy) is 1. The van der Waals surface area contributed by atoms with E-state index in [-0.39, 0.29) is 5.69 Å². The molecule has 0 spiro atoms. The molecular weight excluding hydrogens is 332 g/mol. The number of rotatable bonds is 5. The van der Waals surface area contributed by atoms with Gasteiger partial charge in [0.05, 0.1) is 12.3 Å². The van der Waals surface area contributed by atoms with Gasteiger partial charge in [0.1, 0.15) is 0 Å². The van der Waals surface area contributed by atoms with Gasteiger partial charge >= 0.3 is 18.4 Å². The maximum Gasteiger partial charge on any atom is 0.434 e. The summed E-state index contributed by atoms with van der Waals surface area (Å²) in [6.45, 7) is -0.0338. The number of carbonyl (C=O) groups is 1. The van der Waals surface area contributed by atoms with Crippen molar-refractivity contribution in [2.24, 2.45) is 0 Å². The Morgan fingerprint density at radius 2 is 1.78 bits per heavy atom. The van der Waals surface area contributed by atoms with E-state index in [1.54, 1.807) is 0 Å². The van der Waals surface area contributed by atoms with Gasteiger partial charge in [-0.15, -0.1) is 0 Å². The van der Waals surface area contributed by atoms with E-state index in [2.05, 4.69) is 9.72 Å². The first kappa shape index (κ1) is 19.0. The fourth-order valence-electron chi connectivity index (χ4n) is 1.59. The molecule has 0 atom stereocenters. The third-order valence-electron chi connectivity index (χ3n) is 2.68. The second kappa shape index (κ2) is 7.02. The first-order valence-corrected chi connectivity index (χ1v) is 6.27. The van der Waals surface area contributed by atoms with Crippen LogP contribution in [0.15, 0.2) is 24.4 Å². The highest BCUT2D eigenvalue weighted by Gasteiger charge is 2.72. The SMILES string of the molecule is CCOC(=O)NC(NCc1ccccn1)(C(F)(F)F)C(F)(F)F. The molecule has 0 radical (unpaired) electrons. The molecule has 0 aliphatic heterocycles. The van der Waals surface area contributed by atoms with Crippen LogP contribution in [-0.4, -0.2) is 35.7 Å². The van der Waals surface area contributed by atoms with Crippen molar-refractivity contribution in [3.63, 3.8) is 0 Å². The van der Waals surface area contributed by atoms with Crippen molar-refractivity contribution in [1.29, 1.82) is 0 Å². The van der Waals surface area contributed by atoms with Crippen molar-refractivity contribution in [2.45, 2.75) is 31.5 Å². The maximum atomic E-state index is 13.1. The molecule has 1 aromatic heterocycles. The summed E-state index contributed by atoms with van der Waals surface area (Å²) >= 11 is 0. The van der Waals surface area contributed by atoms with Crippen molar-refractivity contribution in [1.82, 2.24) is 15.6 Å². The van der Waals surface area contributed by atoms with Crippen LogP contribution in [0.5, 0.6) is 0 Å². The van der Waals surface area contributed by atoms with Crippen LogP contribution in [0, 0.1) is 0 Å². The molecule has 0 aliphatic carbocycles. The second-order valence-corrected chi connectivity index (χ2v) is 4.27. The van der Waals surface area contributed by atoms with Crippen LogP contribution < -0.4 is 10.6 Å². The molecule has 0 fully saturated rings. The first-order chi connectivity index (χ1) is 10.5. The van der Waals surface area contributed by atoms with Crippen LogP contribution in [0.25, 0.3) is 0 Å². The maximum absolute atomic E-state index is 13.1. The van der Waals surface area contributed by atoms with Crippen LogP contribution in [0.3, 0.4) is 0 Å². The lowest BCUT2D eigenvalue weighted by Crippen LogP contribution is -2.75. The quantitative estimate of drug-likeness (QED) is 0.636. The Morgan fingerprint density at radius 1 is 1.17 bits per heavy atom. The molecule has 0 saturated heterocycles. The van der Waals surface area contributed by atoms with Gasteiger partial charge in [0.25, 0.3) is 5.66 Å². The highest BCUT2D eigenvalue weighted by molar-refractivity contribution is 5.68. The summed E-state index contributed by atoms with van der Waals surface area (Å²) < 4.78 is 82.7. The van der Waals surface area contributed by atoms with E-state index < -0.39 is 37.3 Å². The summed E-state index contributed by atoms with van der Waals surface area (Å²) in [6.07, 6.45) is -12.4. The number of carbonyl (C=O) groups excluding carboxylic acids is 1. The third kappa shape index (κ3) is 4.47. The molecule has 2 N–H and O–H groups in total. The van der Waals surface area contributed by atoms with Crippen LogP contribution >= 0.6 is 0 Å². The lowest BCUT2D eigenvalue weighted by molar-refractivity contribution is -0.315. The molecule has 1 amide bonds. The molecule has 1 rings (SSSR count). The molecule has 1 heterocycles. The van der Waals surface area contributed by atoms with E-state index >= 15 is 0 Å². The Kier molecular flexibility index (Phi) is 5.81. The fraction of sp³-hybridized carbons (Fsp3) is 0.500. The molecule has 23 heavy (non-hydrogen) atoms. The zero-order valence-electron chi connectivity index (χ0n) is 11.8. The predicted molar refractivity (Wildman–Crippen MR) is 66.1 cm³/mol. The summed E-state index contributed by atoms with van der Waals surface area (Å²) in [4.78, 5) is 14.8. The highest BCUT2D eigenvalue weighted by atomic mass is 19.4. The minimum atomic E-state index is -5.87. The van der Waals surface area contributed by atoms with Gasteiger partial charge in [-0.05, 0) is 19.1 Å². The van der Waals surface area contributed by atoms with Gasteiger partial charge in [-0.3, -0.25) is 15.6 Å². The lowest BCUT2D eigenvalue weighted by atomic mass is 10.1. The number of alkyl carbamates (subject to hydrolysis) is 1. The number of alkyl halides is 6. The molecule has 130 valence electrons. The Hall–Kier alpha value is -2.04. The number of hydrogen-bond donors (Lipinski definition) is 2. The van der Waals surface area contributed by atoms with Crippen molar-refractivity contribution < 1.29 is 35.9 Å². The van der Waals surface area contributed by atoms with Crippen molar-refractivity contribution in [3.8, 4) is 0 Å². The number of hydrogen-bond acceptors (Lipinski definition) is 4. The van der Waals surface area contributed by atoms with Crippen molar-refractivity contribution in [3.05, 3.63) is 30.1 Å². The first-order valence-electron chi connectivity index (χ1n) is 6.27. The predicted octanol–water partition coefficient (Wildman–Crippen LogP) is 2.74. The number of aromatic nitrogens is 1. The topological polar surface area (TPSA) is 63.2 Å². The number of halogens is 6. The van der Waals surface area contributed by atoms with Crippen LogP contribution in [0.2, 0.25) is 0 Å². The Bertz CT molecular complexity index is 504. The van der Waals surface area contributed by atoms with Gasteiger partial charge in [0.15, 0.2) is 0 Å². The summed E-state index contributed by atoms with van der Waals surface area (Å²) in [7, 11) is 0. The number of nitrogens with zero attached hydrogens (tertiary/aromatic N) is 1. The monoisotopic (exact) mass is 345 g/mol. The minimum Gasteiger partial charge on any atom is -0.450 e. The molecule has 5 nitrogen and oxygen atoms in total. The zero-order chi connectivity index (χ0) is 17.7. The smallest absolute Gasteiger partial charge is 0.434 e. The minimum absolute atomic E-state index is 0.0731. The van der Waals surface area contributed by atoms with Crippen molar-refractivity contribution >= 4 is 6.09 Å². The summed E-state index contributed by atoms with van der Waals surface area (Å²) in [5.74, 6) is 0. The van der Waals surface area contributed by atoms with Gasteiger partial charge < -0.3 is 4.74 Å². The zero-order valence-corrected chi connectivity index (χ0v) is 11.8. The number of amides is 1. The molecule has 0 aromatic carbocycles. The Labute approximate surface area is 127 Å². The average Bonchev–Trinajstić information content (AvgIpc) is 2.42. The van der Waals surface area contributed by atoms with Crippen molar-refractivity contribution in [2.75, 3.05) is 6.61 Å². The normalized spacial score (nSPS) is 12.8. The van der Waals surface area contributed by atoms with Crippen LogP contribution in [0.4, 0.5) is 31.1 Å². The van der Waals surface area contributed by atoms with Gasteiger partial charge in [-0.2, -0.15) is 26.3 Å². The van der Waals surface area contributed by atoms with Crippen LogP contribution in [-0.2, 0) is 11.3 Å². The summed E-state index contributed by atoms with van der Waals surface area (Å²) in [5.41, 5.74) is -4.74. The fourth-order valence-corrected chi connectivity index (χ4v) is 1.59. The molecule has 0 saturated carbocycles. The van der Waals surface area contributed by atoms with Crippen LogP contribution in [0.1, 0.15) is 12.6 Å². The van der Waals surface area contributed by atoms with Gasteiger partial charge in [0.2, 0.25) is 0 Å². The number of nitrogens with one attached hydrogen (secondary N) is 2. The molecule has 0 unspecified atom stereocenters. The molecule has 0 aliphatic rings. The van der Waals surface area contributed by atoms with E-state index in [9.17, 15) is 31.1 Å². The number of pyridine rings is 1. The van der Waals surface area contributed by atoms with Gasteiger partial charge in [-0.1, -0.05) is 6.07 Å².